The molecule has 4 nitrogen and oxygen atoms in total. The highest BCUT2D eigenvalue weighted by molar-refractivity contribution is 4.78. The molecule has 2 N–H and O–H groups in total. The lowest BCUT2D eigenvalue weighted by Gasteiger charge is -2.34. The van der Waals surface area contributed by atoms with Crippen molar-refractivity contribution in [3.05, 3.63) is 0 Å². The number of nitrogens with two attached hydrogens (primary N) is 1. The number of hydrogen-bond donors (Lipinski definition) is 1. The fourth-order valence-corrected chi connectivity index (χ4v) is 1.39. The van der Waals surface area contributed by atoms with Crippen LogP contribution in [0.4, 0.5) is 0 Å². The predicted molar refractivity (Wildman–Crippen MR) is 42.0 cm³/mol. The highest BCUT2D eigenvalue weighted by Crippen LogP contribution is 2.13. The van der Waals surface area contributed by atoms with Crippen molar-refractivity contribution in [1.29, 1.82) is 0 Å². The fourth-order valence-electron chi connectivity index (χ4n) is 1.39. The highest BCUT2D eigenvalue weighted by Gasteiger charge is 2.27. The summed E-state index contributed by atoms with van der Waals surface area (Å²) >= 11 is 0. The lowest BCUT2D eigenvalue weighted by molar-refractivity contribution is -0.0781. The van der Waals surface area contributed by atoms with Crippen molar-refractivity contribution < 1.29 is 9.47 Å². The summed E-state index contributed by atoms with van der Waals surface area (Å²) in [7, 11) is 3.55. The molecule has 2 atom stereocenters. The van der Waals surface area contributed by atoms with Crippen LogP contribution in [0, 0.1) is 0 Å². The molecule has 11 heavy (non-hydrogen) atoms. The van der Waals surface area contributed by atoms with Gasteiger partial charge in [0, 0.05) is 20.8 Å². The van der Waals surface area contributed by atoms with Gasteiger partial charge in [-0.25, -0.2) is 5.01 Å². The van der Waals surface area contributed by atoms with Crippen molar-refractivity contribution in [3.8, 4) is 0 Å². The summed E-state index contributed by atoms with van der Waals surface area (Å²) in [6, 6.07) is 0.300. The molecule has 4 heteroatoms. The Kier molecular flexibility index (Phi) is 3.26. The standard InChI is InChI=1S/C7H16N2O2/c1-9(8)6-3-4-11-5-7(6)10-2/h6-7H,3-5,8H2,1-2H3. The van der Waals surface area contributed by atoms with E-state index >= 15 is 0 Å². The van der Waals surface area contributed by atoms with Gasteiger partial charge < -0.3 is 9.47 Å². The third kappa shape index (κ3) is 2.13. The molecule has 66 valence electrons. The molecule has 0 aromatic carbocycles. The number of nitrogens with zero attached hydrogens (tertiary/aromatic N) is 1. The van der Waals surface area contributed by atoms with Crippen LogP contribution < -0.4 is 5.84 Å². The third-order valence-electron chi connectivity index (χ3n) is 2.10. The summed E-state index contributed by atoms with van der Waals surface area (Å²) in [6.45, 7) is 1.44. The van der Waals surface area contributed by atoms with E-state index in [0.717, 1.165) is 13.0 Å². The minimum atomic E-state index is 0.124. The second-order valence-corrected chi connectivity index (χ2v) is 2.87. The van der Waals surface area contributed by atoms with Gasteiger partial charge in [-0.05, 0) is 6.42 Å². The van der Waals surface area contributed by atoms with Crippen LogP contribution in [0.1, 0.15) is 6.42 Å². The first-order chi connectivity index (χ1) is 5.25. The zero-order valence-electron chi connectivity index (χ0n) is 7.12. The molecule has 0 aromatic rings. The normalized spacial score (nSPS) is 32.7. The number of hydrogen-bond acceptors (Lipinski definition) is 4. The summed E-state index contributed by atoms with van der Waals surface area (Å²) in [4.78, 5) is 0. The Hall–Kier alpha value is -0.160. The van der Waals surface area contributed by atoms with Crippen molar-refractivity contribution in [2.75, 3.05) is 27.4 Å². The van der Waals surface area contributed by atoms with Crippen molar-refractivity contribution in [1.82, 2.24) is 5.01 Å². The van der Waals surface area contributed by atoms with Crippen LogP contribution in [0.5, 0.6) is 0 Å². The van der Waals surface area contributed by atoms with E-state index in [0.29, 0.717) is 12.6 Å². The third-order valence-corrected chi connectivity index (χ3v) is 2.10. The molecular formula is C7H16N2O2. The molecule has 1 aliphatic rings. The van der Waals surface area contributed by atoms with Gasteiger partial charge in [0.25, 0.3) is 0 Å². The van der Waals surface area contributed by atoms with Crippen LogP contribution in [0.3, 0.4) is 0 Å². The van der Waals surface area contributed by atoms with Crippen molar-refractivity contribution >= 4 is 0 Å². The molecule has 1 aliphatic heterocycles. The Bertz CT molecular complexity index is 119. The monoisotopic (exact) mass is 160 g/mol. The number of hydrazine groups is 1. The molecule has 1 rings (SSSR count). The van der Waals surface area contributed by atoms with E-state index in [1.807, 2.05) is 7.05 Å². The molecule has 0 amide bonds. The van der Waals surface area contributed by atoms with E-state index in [2.05, 4.69) is 0 Å². The number of methoxy groups -OCH3 is 1. The van der Waals surface area contributed by atoms with Gasteiger partial charge in [0.05, 0.1) is 18.8 Å². The summed E-state index contributed by atoms with van der Waals surface area (Å²) in [5.74, 6) is 5.63. The summed E-state index contributed by atoms with van der Waals surface area (Å²) in [5, 5.41) is 1.71. The lowest BCUT2D eigenvalue weighted by Crippen LogP contribution is -2.51. The van der Waals surface area contributed by atoms with Gasteiger partial charge in [0.1, 0.15) is 0 Å². The van der Waals surface area contributed by atoms with Crippen molar-refractivity contribution in [3.63, 3.8) is 0 Å². The molecule has 0 aromatic heterocycles. The summed E-state index contributed by atoms with van der Waals surface area (Å²) in [6.07, 6.45) is 1.07. The van der Waals surface area contributed by atoms with Gasteiger partial charge in [-0.3, -0.25) is 5.84 Å². The Morgan fingerprint density at radius 2 is 2.36 bits per heavy atom. The van der Waals surface area contributed by atoms with Gasteiger partial charge in [-0.2, -0.15) is 0 Å². The molecule has 0 radical (unpaired) electrons. The second kappa shape index (κ2) is 4.01. The Labute approximate surface area is 67.2 Å². The first kappa shape index (κ1) is 8.93. The number of rotatable bonds is 2. The average molecular weight is 160 g/mol. The maximum Gasteiger partial charge on any atom is 0.0973 e. The largest absolute Gasteiger partial charge is 0.379 e. The maximum absolute atomic E-state index is 5.63. The molecule has 0 bridgehead atoms. The molecule has 1 saturated heterocycles. The zero-order valence-corrected chi connectivity index (χ0v) is 7.12. The molecule has 1 heterocycles. The first-order valence-electron chi connectivity index (χ1n) is 3.83. The topological polar surface area (TPSA) is 47.7 Å². The predicted octanol–water partition coefficient (Wildman–Crippen LogP) is -0.404. The van der Waals surface area contributed by atoms with Crippen molar-refractivity contribution in [2.24, 2.45) is 5.84 Å². The van der Waals surface area contributed by atoms with E-state index in [-0.39, 0.29) is 6.10 Å². The highest BCUT2D eigenvalue weighted by atomic mass is 16.5. The number of ether oxygens (including phenoxy) is 2. The molecule has 1 fully saturated rings. The first-order valence-corrected chi connectivity index (χ1v) is 3.83. The van der Waals surface area contributed by atoms with Gasteiger partial charge in [0.15, 0.2) is 0 Å². The van der Waals surface area contributed by atoms with Crippen LogP contribution in [-0.2, 0) is 9.47 Å². The quantitative estimate of drug-likeness (QED) is 0.441. The van der Waals surface area contributed by atoms with E-state index in [9.17, 15) is 0 Å². The number of likely N-dealkylation sites (N-methyl/N-ethyl adjacent to an activating group) is 1. The Morgan fingerprint density at radius 1 is 1.64 bits per heavy atom. The van der Waals surface area contributed by atoms with E-state index in [1.54, 1.807) is 12.1 Å². The van der Waals surface area contributed by atoms with Gasteiger partial charge in [0.2, 0.25) is 0 Å². The average Bonchev–Trinajstić information content (AvgIpc) is 2.04. The minimum absolute atomic E-state index is 0.124. The van der Waals surface area contributed by atoms with Crippen LogP contribution in [0.2, 0.25) is 0 Å². The minimum Gasteiger partial charge on any atom is -0.379 e. The Balaban J connectivity index is 2.44. The van der Waals surface area contributed by atoms with E-state index in [1.165, 1.54) is 0 Å². The van der Waals surface area contributed by atoms with Crippen LogP contribution in [0.25, 0.3) is 0 Å². The smallest absolute Gasteiger partial charge is 0.0973 e. The molecule has 0 spiro atoms. The van der Waals surface area contributed by atoms with Crippen LogP contribution in [0.15, 0.2) is 0 Å². The summed E-state index contributed by atoms with van der Waals surface area (Å²) < 4.78 is 10.5. The second-order valence-electron chi connectivity index (χ2n) is 2.87. The van der Waals surface area contributed by atoms with Crippen molar-refractivity contribution in [2.45, 2.75) is 18.6 Å². The van der Waals surface area contributed by atoms with Gasteiger partial charge in [-0.15, -0.1) is 0 Å². The van der Waals surface area contributed by atoms with E-state index in [4.69, 9.17) is 15.3 Å². The van der Waals surface area contributed by atoms with Crippen LogP contribution in [-0.4, -0.2) is 44.5 Å². The lowest BCUT2D eigenvalue weighted by atomic mass is 10.1. The summed E-state index contributed by atoms with van der Waals surface area (Å²) in [5.41, 5.74) is 0. The molecule has 2 unspecified atom stereocenters. The van der Waals surface area contributed by atoms with Gasteiger partial charge >= 0.3 is 0 Å². The molecule has 0 saturated carbocycles. The fraction of sp³-hybridized carbons (Fsp3) is 1.00. The van der Waals surface area contributed by atoms with Crippen LogP contribution >= 0.6 is 0 Å². The van der Waals surface area contributed by atoms with E-state index < -0.39 is 0 Å². The SMILES string of the molecule is COC1COCCC1N(C)N. The molecular weight excluding hydrogens is 144 g/mol. The molecule has 0 aliphatic carbocycles. The van der Waals surface area contributed by atoms with Gasteiger partial charge in [-0.1, -0.05) is 0 Å². The maximum atomic E-state index is 5.63. The Morgan fingerprint density at radius 3 is 2.82 bits per heavy atom. The zero-order chi connectivity index (χ0) is 8.27.